The molecule has 0 aliphatic heterocycles. The Morgan fingerprint density at radius 3 is 2.33 bits per heavy atom. The molecule has 1 amide bonds. The van der Waals surface area contributed by atoms with Crippen molar-refractivity contribution in [3.63, 3.8) is 0 Å². The second-order valence-electron chi connectivity index (χ2n) is 5.50. The van der Waals surface area contributed by atoms with Gasteiger partial charge in [-0.3, -0.25) is 5.32 Å². The molecule has 0 aromatic heterocycles. The van der Waals surface area contributed by atoms with Gasteiger partial charge in [0.2, 0.25) is 0 Å². The molecule has 0 bridgehead atoms. The van der Waals surface area contributed by atoms with E-state index in [4.69, 9.17) is 9.47 Å². The van der Waals surface area contributed by atoms with E-state index in [1.807, 2.05) is 32.0 Å². The Morgan fingerprint density at radius 2 is 1.71 bits per heavy atom. The fourth-order valence-electron chi connectivity index (χ4n) is 2.20. The zero-order chi connectivity index (χ0) is 17.5. The van der Waals surface area contributed by atoms with Crippen molar-refractivity contribution in [2.45, 2.75) is 26.7 Å². The Bertz CT molecular complexity index is 708. The van der Waals surface area contributed by atoms with Crippen molar-refractivity contribution in [2.75, 3.05) is 11.9 Å². The summed E-state index contributed by atoms with van der Waals surface area (Å²) in [4.78, 5) is 23.6. The molecule has 0 aliphatic rings. The van der Waals surface area contributed by atoms with Crippen LogP contribution in [0.5, 0.6) is 5.75 Å². The summed E-state index contributed by atoms with van der Waals surface area (Å²) >= 11 is 0. The second-order valence-corrected chi connectivity index (χ2v) is 5.50. The maximum atomic E-state index is 12.1. The van der Waals surface area contributed by atoms with E-state index in [0.717, 1.165) is 5.56 Å². The number of carbonyl (C=O) groups excluding carboxylic acids is 2. The fraction of sp³-hybridized carbons (Fsp3) is 0.263. The molecule has 0 fully saturated rings. The predicted molar refractivity (Wildman–Crippen MR) is 92.6 cm³/mol. The van der Waals surface area contributed by atoms with Crippen molar-refractivity contribution in [1.29, 1.82) is 0 Å². The van der Waals surface area contributed by atoms with Crippen molar-refractivity contribution in [3.8, 4) is 5.75 Å². The molecule has 24 heavy (non-hydrogen) atoms. The van der Waals surface area contributed by atoms with Gasteiger partial charge in [0.25, 0.3) is 0 Å². The zero-order valence-electron chi connectivity index (χ0n) is 14.0. The number of amides is 1. The number of para-hydroxylation sites is 1. The number of rotatable bonds is 5. The van der Waals surface area contributed by atoms with E-state index in [9.17, 15) is 9.59 Å². The topological polar surface area (TPSA) is 64.6 Å². The summed E-state index contributed by atoms with van der Waals surface area (Å²) < 4.78 is 10.3. The van der Waals surface area contributed by atoms with Gasteiger partial charge in [0.1, 0.15) is 5.75 Å². The number of hydrogen-bond acceptors (Lipinski definition) is 4. The Morgan fingerprint density at radius 1 is 1.04 bits per heavy atom. The average molecular weight is 327 g/mol. The van der Waals surface area contributed by atoms with Crippen LogP contribution in [0.1, 0.15) is 42.6 Å². The summed E-state index contributed by atoms with van der Waals surface area (Å²) in [6.45, 7) is 6.14. The highest BCUT2D eigenvalue weighted by atomic mass is 16.6. The fourth-order valence-corrected chi connectivity index (χ4v) is 2.20. The van der Waals surface area contributed by atoms with E-state index in [2.05, 4.69) is 5.32 Å². The molecule has 0 aliphatic carbocycles. The van der Waals surface area contributed by atoms with Crippen LogP contribution in [0.15, 0.2) is 48.5 Å². The minimum absolute atomic E-state index is 0.248. The predicted octanol–water partition coefficient (Wildman–Crippen LogP) is 4.60. The first kappa shape index (κ1) is 17.5. The van der Waals surface area contributed by atoms with Gasteiger partial charge < -0.3 is 9.47 Å². The van der Waals surface area contributed by atoms with Crippen LogP contribution in [0.3, 0.4) is 0 Å². The van der Waals surface area contributed by atoms with E-state index in [-0.39, 0.29) is 5.92 Å². The number of anilines is 1. The van der Waals surface area contributed by atoms with Crippen LogP contribution < -0.4 is 10.1 Å². The van der Waals surface area contributed by atoms with Gasteiger partial charge in [0.05, 0.1) is 12.2 Å². The number of hydrogen-bond donors (Lipinski definition) is 1. The van der Waals surface area contributed by atoms with Crippen molar-refractivity contribution < 1.29 is 19.1 Å². The molecule has 1 N–H and O–H groups in total. The van der Waals surface area contributed by atoms with Crippen molar-refractivity contribution in [1.82, 2.24) is 0 Å². The van der Waals surface area contributed by atoms with Crippen LogP contribution in [-0.2, 0) is 4.74 Å². The normalized spacial score (nSPS) is 10.3. The molecule has 126 valence electrons. The van der Waals surface area contributed by atoms with Gasteiger partial charge in [0.15, 0.2) is 0 Å². The molecular weight excluding hydrogens is 306 g/mol. The largest absolute Gasteiger partial charge is 0.462 e. The average Bonchev–Trinajstić information content (AvgIpc) is 2.56. The third-order valence-electron chi connectivity index (χ3n) is 3.39. The van der Waals surface area contributed by atoms with E-state index in [1.165, 1.54) is 0 Å². The van der Waals surface area contributed by atoms with Crippen molar-refractivity contribution in [2.24, 2.45) is 0 Å². The standard InChI is InChI=1S/C19H21NO4/c1-4-23-18(21)14-9-11-15(12-10-14)20-19(22)24-17-8-6-5-7-16(17)13(2)3/h5-13H,4H2,1-3H3,(H,20,22). The van der Waals surface area contributed by atoms with Crippen LogP contribution in [-0.4, -0.2) is 18.7 Å². The number of benzene rings is 2. The summed E-state index contributed by atoms with van der Waals surface area (Å²) in [6.07, 6.45) is -0.577. The Hall–Kier alpha value is -2.82. The molecular formula is C19H21NO4. The van der Waals surface area contributed by atoms with Crippen LogP contribution in [0.4, 0.5) is 10.5 Å². The first-order chi connectivity index (χ1) is 11.5. The molecule has 0 spiro atoms. The molecule has 2 aromatic carbocycles. The van der Waals surface area contributed by atoms with Crippen LogP contribution in [0.2, 0.25) is 0 Å². The number of carbonyl (C=O) groups is 2. The Kier molecular flexibility index (Phi) is 5.95. The lowest BCUT2D eigenvalue weighted by Crippen LogP contribution is -2.17. The van der Waals surface area contributed by atoms with E-state index in [0.29, 0.717) is 23.6 Å². The van der Waals surface area contributed by atoms with Gasteiger partial charge in [-0.05, 0) is 48.7 Å². The van der Waals surface area contributed by atoms with E-state index in [1.54, 1.807) is 37.3 Å². The Balaban J connectivity index is 2.01. The van der Waals surface area contributed by atoms with Crippen molar-refractivity contribution >= 4 is 17.7 Å². The van der Waals surface area contributed by atoms with Gasteiger partial charge in [-0.2, -0.15) is 0 Å². The molecule has 2 aromatic rings. The summed E-state index contributed by atoms with van der Waals surface area (Å²) in [5.41, 5.74) is 1.93. The monoisotopic (exact) mass is 327 g/mol. The summed E-state index contributed by atoms with van der Waals surface area (Å²) in [5, 5.41) is 2.64. The van der Waals surface area contributed by atoms with Gasteiger partial charge >= 0.3 is 12.1 Å². The quantitative estimate of drug-likeness (QED) is 0.815. The zero-order valence-corrected chi connectivity index (χ0v) is 14.0. The SMILES string of the molecule is CCOC(=O)c1ccc(NC(=O)Oc2ccccc2C(C)C)cc1. The van der Waals surface area contributed by atoms with E-state index < -0.39 is 12.1 Å². The maximum absolute atomic E-state index is 12.1. The second kappa shape index (κ2) is 8.15. The third kappa shape index (κ3) is 4.59. The number of ether oxygens (including phenoxy) is 2. The molecule has 0 heterocycles. The van der Waals surface area contributed by atoms with Crippen LogP contribution in [0.25, 0.3) is 0 Å². The van der Waals surface area contributed by atoms with Crippen LogP contribution >= 0.6 is 0 Å². The highest BCUT2D eigenvalue weighted by molar-refractivity contribution is 5.91. The van der Waals surface area contributed by atoms with Gasteiger partial charge in [0, 0.05) is 5.69 Å². The lowest BCUT2D eigenvalue weighted by atomic mass is 10.0. The molecule has 5 nitrogen and oxygen atoms in total. The Labute approximate surface area is 141 Å². The van der Waals surface area contributed by atoms with Gasteiger partial charge in [-0.15, -0.1) is 0 Å². The summed E-state index contributed by atoms with van der Waals surface area (Å²) in [6, 6.07) is 13.9. The minimum atomic E-state index is -0.577. The number of esters is 1. The van der Waals surface area contributed by atoms with Crippen LogP contribution in [0, 0.1) is 0 Å². The van der Waals surface area contributed by atoms with Gasteiger partial charge in [-0.25, -0.2) is 9.59 Å². The summed E-state index contributed by atoms with van der Waals surface area (Å²) in [5.74, 6) is 0.392. The molecule has 0 unspecified atom stereocenters. The third-order valence-corrected chi connectivity index (χ3v) is 3.39. The molecule has 0 saturated carbocycles. The lowest BCUT2D eigenvalue weighted by molar-refractivity contribution is 0.0526. The highest BCUT2D eigenvalue weighted by Crippen LogP contribution is 2.26. The first-order valence-corrected chi connectivity index (χ1v) is 7.86. The molecule has 5 heteroatoms. The van der Waals surface area contributed by atoms with Crippen molar-refractivity contribution in [3.05, 3.63) is 59.7 Å². The minimum Gasteiger partial charge on any atom is -0.462 e. The molecule has 0 atom stereocenters. The smallest absolute Gasteiger partial charge is 0.417 e. The number of nitrogens with one attached hydrogen (secondary N) is 1. The summed E-state index contributed by atoms with van der Waals surface area (Å²) in [7, 11) is 0. The highest BCUT2D eigenvalue weighted by Gasteiger charge is 2.12. The molecule has 0 saturated heterocycles. The van der Waals surface area contributed by atoms with E-state index >= 15 is 0 Å². The lowest BCUT2D eigenvalue weighted by Gasteiger charge is -2.13. The molecule has 0 radical (unpaired) electrons. The molecule has 2 rings (SSSR count). The first-order valence-electron chi connectivity index (χ1n) is 7.86. The maximum Gasteiger partial charge on any atom is 0.417 e. The van der Waals surface area contributed by atoms with Gasteiger partial charge in [-0.1, -0.05) is 32.0 Å².